The highest BCUT2D eigenvalue weighted by molar-refractivity contribution is 8.00. The number of amides is 1. The van der Waals surface area contributed by atoms with Crippen LogP contribution in [0.1, 0.15) is 26.2 Å². The van der Waals surface area contributed by atoms with Crippen molar-refractivity contribution in [2.75, 3.05) is 23.3 Å². The van der Waals surface area contributed by atoms with E-state index in [2.05, 4.69) is 37.5 Å². The third kappa shape index (κ3) is 4.98. The van der Waals surface area contributed by atoms with Crippen LogP contribution in [0.3, 0.4) is 0 Å². The van der Waals surface area contributed by atoms with Crippen molar-refractivity contribution in [1.29, 1.82) is 0 Å². The number of carbonyl (C=O) groups excluding carboxylic acids is 1. The van der Waals surface area contributed by atoms with E-state index in [0.717, 1.165) is 24.3 Å². The molecule has 1 saturated heterocycles. The molecule has 2 aromatic carbocycles. The van der Waals surface area contributed by atoms with Crippen LogP contribution in [0, 0.1) is 0 Å². The maximum atomic E-state index is 12.6. The van der Waals surface area contributed by atoms with E-state index in [9.17, 15) is 4.79 Å². The minimum atomic E-state index is -0.309. The summed E-state index contributed by atoms with van der Waals surface area (Å²) in [6, 6.07) is 17.9. The van der Waals surface area contributed by atoms with Gasteiger partial charge in [-0.15, -0.1) is 5.10 Å². The number of H-pyrrole nitrogens is 1. The van der Waals surface area contributed by atoms with E-state index in [-0.39, 0.29) is 11.2 Å². The van der Waals surface area contributed by atoms with Gasteiger partial charge in [0.1, 0.15) is 0 Å². The molecule has 2 N–H and O–H groups in total. The highest BCUT2D eigenvalue weighted by Gasteiger charge is 2.18. The molecule has 1 atom stereocenters. The second-order valence-electron chi connectivity index (χ2n) is 7.18. The number of piperidine rings is 1. The Bertz CT molecular complexity index is 935. The van der Waals surface area contributed by atoms with Gasteiger partial charge in [-0.1, -0.05) is 42.1 Å². The summed E-state index contributed by atoms with van der Waals surface area (Å²) in [7, 11) is 0. The van der Waals surface area contributed by atoms with Crippen LogP contribution < -0.4 is 10.2 Å². The van der Waals surface area contributed by atoms with Gasteiger partial charge in [0.2, 0.25) is 11.1 Å². The van der Waals surface area contributed by atoms with Crippen molar-refractivity contribution in [3.63, 3.8) is 0 Å². The van der Waals surface area contributed by atoms with Crippen LogP contribution in [0.5, 0.6) is 0 Å². The Balaban J connectivity index is 1.33. The molecule has 1 aromatic heterocycles. The van der Waals surface area contributed by atoms with Gasteiger partial charge < -0.3 is 10.2 Å². The van der Waals surface area contributed by atoms with Crippen LogP contribution >= 0.6 is 11.8 Å². The predicted octanol–water partition coefficient (Wildman–Crippen LogP) is 4.58. The van der Waals surface area contributed by atoms with E-state index in [1.54, 1.807) is 0 Å². The van der Waals surface area contributed by atoms with E-state index in [1.807, 2.05) is 49.4 Å². The lowest BCUT2D eigenvalue weighted by atomic mass is 10.1. The number of aromatic amines is 1. The molecule has 2 heterocycles. The van der Waals surface area contributed by atoms with Gasteiger partial charge in [-0.3, -0.25) is 9.89 Å². The Morgan fingerprint density at radius 1 is 1.07 bits per heavy atom. The Morgan fingerprint density at radius 3 is 2.52 bits per heavy atom. The first kappa shape index (κ1) is 19.5. The van der Waals surface area contributed by atoms with Crippen LogP contribution in [0.15, 0.2) is 59.8 Å². The number of aromatic nitrogens is 3. The van der Waals surface area contributed by atoms with E-state index < -0.39 is 0 Å². The van der Waals surface area contributed by atoms with Crippen LogP contribution in [-0.2, 0) is 4.79 Å². The molecule has 6 nitrogen and oxygen atoms in total. The molecular formula is C22H25N5OS. The molecule has 3 aromatic rings. The zero-order valence-electron chi connectivity index (χ0n) is 16.5. The lowest BCUT2D eigenvalue weighted by molar-refractivity contribution is -0.115. The molecule has 4 rings (SSSR count). The predicted molar refractivity (Wildman–Crippen MR) is 118 cm³/mol. The minimum Gasteiger partial charge on any atom is -0.372 e. The number of benzene rings is 2. The minimum absolute atomic E-state index is 0.0632. The van der Waals surface area contributed by atoms with Crippen molar-refractivity contribution in [2.45, 2.75) is 36.6 Å². The molecule has 0 aliphatic carbocycles. The third-order valence-electron chi connectivity index (χ3n) is 5.02. The van der Waals surface area contributed by atoms with Crippen LogP contribution in [0.25, 0.3) is 11.4 Å². The number of nitrogens with zero attached hydrogens (tertiary/aromatic N) is 3. The molecule has 150 valence electrons. The fourth-order valence-electron chi connectivity index (χ4n) is 3.39. The molecule has 0 radical (unpaired) electrons. The van der Waals surface area contributed by atoms with Gasteiger partial charge in [0.15, 0.2) is 5.82 Å². The summed E-state index contributed by atoms with van der Waals surface area (Å²) in [4.78, 5) is 19.5. The zero-order chi connectivity index (χ0) is 20.1. The van der Waals surface area contributed by atoms with Gasteiger partial charge >= 0.3 is 0 Å². The number of rotatable bonds is 6. The van der Waals surface area contributed by atoms with Crippen LogP contribution in [-0.4, -0.2) is 39.4 Å². The van der Waals surface area contributed by atoms with Crippen LogP contribution in [0.4, 0.5) is 11.4 Å². The molecule has 1 fully saturated rings. The van der Waals surface area contributed by atoms with E-state index in [0.29, 0.717) is 11.0 Å². The topological polar surface area (TPSA) is 73.9 Å². The van der Waals surface area contributed by atoms with Gasteiger partial charge in [0.05, 0.1) is 5.25 Å². The molecule has 7 heteroatoms. The van der Waals surface area contributed by atoms with Gasteiger partial charge in [-0.25, -0.2) is 4.98 Å². The summed E-state index contributed by atoms with van der Waals surface area (Å²) in [5, 5.41) is 10.4. The number of carbonyl (C=O) groups is 1. The molecule has 0 saturated carbocycles. The highest BCUT2D eigenvalue weighted by atomic mass is 32.2. The summed E-state index contributed by atoms with van der Waals surface area (Å²) in [5.74, 6) is 0.640. The number of nitrogens with one attached hydrogen (secondary N) is 2. The maximum Gasteiger partial charge on any atom is 0.237 e. The maximum absolute atomic E-state index is 12.6. The van der Waals surface area contributed by atoms with Crippen molar-refractivity contribution >= 4 is 29.0 Å². The Morgan fingerprint density at radius 2 is 1.79 bits per heavy atom. The van der Waals surface area contributed by atoms with Crippen molar-refractivity contribution in [3.8, 4) is 11.4 Å². The number of hydrogen-bond donors (Lipinski definition) is 2. The molecule has 1 aliphatic rings. The molecule has 1 aliphatic heterocycles. The first-order valence-corrected chi connectivity index (χ1v) is 10.9. The summed E-state index contributed by atoms with van der Waals surface area (Å²) >= 11 is 1.34. The Labute approximate surface area is 175 Å². The number of hydrogen-bond acceptors (Lipinski definition) is 5. The molecule has 1 amide bonds. The number of thioether (sulfide) groups is 1. The largest absolute Gasteiger partial charge is 0.372 e. The first-order chi connectivity index (χ1) is 14.2. The van der Waals surface area contributed by atoms with Crippen molar-refractivity contribution in [3.05, 3.63) is 54.6 Å². The fraction of sp³-hybridized carbons (Fsp3) is 0.318. The molecule has 1 unspecified atom stereocenters. The van der Waals surface area contributed by atoms with E-state index in [4.69, 9.17) is 0 Å². The average Bonchev–Trinajstić information content (AvgIpc) is 3.24. The SMILES string of the molecule is CC(Sc1n[nH]c(-c2ccccc2)n1)C(=O)Nc1ccc(N2CCCCC2)cc1. The quantitative estimate of drug-likeness (QED) is 0.585. The summed E-state index contributed by atoms with van der Waals surface area (Å²) in [5.41, 5.74) is 3.00. The summed E-state index contributed by atoms with van der Waals surface area (Å²) in [6.45, 7) is 4.09. The normalized spacial score (nSPS) is 15.1. The van der Waals surface area contributed by atoms with Crippen molar-refractivity contribution in [2.24, 2.45) is 0 Å². The van der Waals surface area contributed by atoms with Gasteiger partial charge in [0, 0.05) is 30.0 Å². The van der Waals surface area contributed by atoms with Gasteiger partial charge in [-0.2, -0.15) is 0 Å². The summed E-state index contributed by atoms with van der Waals surface area (Å²) < 4.78 is 0. The lowest BCUT2D eigenvalue weighted by Crippen LogP contribution is -2.29. The van der Waals surface area contributed by atoms with Gasteiger partial charge in [-0.05, 0) is 50.5 Å². The molecular weight excluding hydrogens is 382 g/mol. The summed E-state index contributed by atoms with van der Waals surface area (Å²) in [6.07, 6.45) is 3.82. The molecule has 0 spiro atoms. The second kappa shape index (κ2) is 9.13. The van der Waals surface area contributed by atoms with Crippen molar-refractivity contribution < 1.29 is 4.79 Å². The standard InChI is InChI=1S/C22H25N5OS/c1-16(29-22-24-20(25-26-22)17-8-4-2-5-9-17)21(28)23-18-10-12-19(13-11-18)27-14-6-3-7-15-27/h2,4-5,8-13,16H,3,6-7,14-15H2,1H3,(H,23,28)(H,24,25,26). The highest BCUT2D eigenvalue weighted by Crippen LogP contribution is 2.25. The Kier molecular flexibility index (Phi) is 6.14. The third-order valence-corrected chi connectivity index (χ3v) is 5.98. The Hall–Kier alpha value is -2.80. The molecule has 0 bridgehead atoms. The fourth-order valence-corrected chi connectivity index (χ4v) is 4.11. The zero-order valence-corrected chi connectivity index (χ0v) is 17.3. The van der Waals surface area contributed by atoms with Crippen LogP contribution in [0.2, 0.25) is 0 Å². The first-order valence-electron chi connectivity index (χ1n) is 9.99. The van der Waals surface area contributed by atoms with E-state index in [1.165, 1.54) is 36.7 Å². The smallest absolute Gasteiger partial charge is 0.237 e. The average molecular weight is 408 g/mol. The van der Waals surface area contributed by atoms with Crippen molar-refractivity contribution in [1.82, 2.24) is 15.2 Å². The second-order valence-corrected chi connectivity index (χ2v) is 8.48. The monoisotopic (exact) mass is 407 g/mol. The lowest BCUT2D eigenvalue weighted by Gasteiger charge is -2.28. The van der Waals surface area contributed by atoms with Gasteiger partial charge in [0.25, 0.3) is 0 Å². The number of anilines is 2. The van der Waals surface area contributed by atoms with E-state index >= 15 is 0 Å². The molecule has 29 heavy (non-hydrogen) atoms.